The minimum absolute atomic E-state index is 0.104. The van der Waals surface area contributed by atoms with Crippen molar-refractivity contribution in [3.8, 4) is 6.01 Å². The summed E-state index contributed by atoms with van der Waals surface area (Å²) in [7, 11) is -1.80. The lowest BCUT2D eigenvalue weighted by atomic mass is 10.1. The van der Waals surface area contributed by atoms with Crippen molar-refractivity contribution in [2.45, 2.75) is 51.9 Å². The predicted molar refractivity (Wildman–Crippen MR) is 98.3 cm³/mol. The molecule has 1 heterocycles. The van der Waals surface area contributed by atoms with Crippen LogP contribution in [0.2, 0.25) is 18.1 Å². The zero-order chi connectivity index (χ0) is 18.4. The van der Waals surface area contributed by atoms with E-state index >= 15 is 0 Å². The topological polar surface area (TPSA) is 47.0 Å². The van der Waals surface area contributed by atoms with Crippen molar-refractivity contribution in [2.75, 3.05) is 4.98 Å². The van der Waals surface area contributed by atoms with E-state index in [1.807, 2.05) is 6.92 Å². The van der Waals surface area contributed by atoms with E-state index in [1.54, 1.807) is 12.1 Å². The van der Waals surface area contributed by atoms with Gasteiger partial charge >= 0.3 is 6.01 Å². The molecule has 4 nitrogen and oxygen atoms in total. The maximum absolute atomic E-state index is 14.2. The maximum atomic E-state index is 14.2. The Kier molecular flexibility index (Phi) is 6.47. The zero-order valence-electron chi connectivity index (χ0n) is 15.1. The molecule has 0 fully saturated rings. The van der Waals surface area contributed by atoms with Crippen molar-refractivity contribution in [1.29, 1.82) is 0 Å². The predicted octanol–water partition coefficient (Wildman–Crippen LogP) is 5.31. The second-order valence-corrected chi connectivity index (χ2v) is 11.1. The molecule has 0 aliphatic rings. The average molecular weight is 366 g/mol. The van der Waals surface area contributed by atoms with Crippen LogP contribution in [-0.4, -0.2) is 18.2 Å². The highest BCUT2D eigenvalue weighted by atomic mass is 28.3. The van der Waals surface area contributed by atoms with Gasteiger partial charge in [0.15, 0.2) is 19.9 Å². The van der Waals surface area contributed by atoms with Gasteiger partial charge in [0.25, 0.3) is 0 Å². The number of hydrogen-bond donors (Lipinski definition) is 1. The second kappa shape index (κ2) is 8.38. The van der Waals surface area contributed by atoms with Gasteiger partial charge in [-0.15, -0.1) is 0 Å². The number of nitrogens with zero attached hydrogens (tertiary/aromatic N) is 2. The Morgan fingerprint density at radius 1 is 1.08 bits per heavy atom. The molecule has 2 aromatic rings. The van der Waals surface area contributed by atoms with Crippen molar-refractivity contribution >= 4 is 14.1 Å². The molecule has 2 rings (SSSR count). The summed E-state index contributed by atoms with van der Waals surface area (Å²) in [6.07, 6.45) is 0.756. The summed E-state index contributed by atoms with van der Waals surface area (Å²) in [5, 5.41) is 0. The maximum Gasteiger partial charge on any atom is 0.319 e. The van der Waals surface area contributed by atoms with Gasteiger partial charge in [0.1, 0.15) is 11.9 Å². The summed E-state index contributed by atoms with van der Waals surface area (Å²) in [5.41, 5.74) is 0.795. The Labute approximate surface area is 148 Å². The quantitative estimate of drug-likeness (QED) is 0.644. The number of rotatable bonds is 8. The lowest BCUT2D eigenvalue weighted by molar-refractivity contribution is 0.207. The molecule has 0 aliphatic carbocycles. The molecule has 1 unspecified atom stereocenters. The molecular formula is C18H25F2N3OSi. The minimum Gasteiger partial charge on any atom is -0.456 e. The van der Waals surface area contributed by atoms with Crippen LogP contribution < -0.4 is 9.72 Å². The number of hydrogen-bond acceptors (Lipinski definition) is 4. The first-order valence-corrected chi connectivity index (χ1v) is 11.3. The van der Waals surface area contributed by atoms with E-state index in [9.17, 15) is 8.78 Å². The Morgan fingerprint density at radius 2 is 1.68 bits per heavy atom. The first-order chi connectivity index (χ1) is 11.9. The lowest BCUT2D eigenvalue weighted by Gasteiger charge is -2.29. The molecule has 1 aromatic carbocycles. The van der Waals surface area contributed by atoms with Gasteiger partial charge in [0, 0.05) is 0 Å². The van der Waals surface area contributed by atoms with Crippen molar-refractivity contribution in [1.82, 2.24) is 9.97 Å². The molecule has 7 heteroatoms. The Bertz CT molecular complexity index is 685. The molecule has 0 bridgehead atoms. The van der Waals surface area contributed by atoms with Gasteiger partial charge in [0.05, 0.1) is 6.20 Å². The smallest absolute Gasteiger partial charge is 0.319 e. The minimum atomic E-state index is -1.80. The van der Waals surface area contributed by atoms with Crippen LogP contribution >= 0.6 is 0 Å². The summed E-state index contributed by atoms with van der Waals surface area (Å²) >= 11 is 0. The molecular weight excluding hydrogens is 340 g/mol. The fraction of sp³-hybridized carbons (Fsp3) is 0.444. The molecule has 0 spiro atoms. The summed E-state index contributed by atoms with van der Waals surface area (Å²) in [4.78, 5) is 11.5. The van der Waals surface area contributed by atoms with Crippen LogP contribution in [0.3, 0.4) is 0 Å². The highest BCUT2D eigenvalue weighted by Gasteiger charge is 2.29. The van der Waals surface area contributed by atoms with Crippen LogP contribution in [0.5, 0.6) is 6.01 Å². The normalized spacial score (nSPS) is 12.7. The van der Waals surface area contributed by atoms with Crippen LogP contribution in [0, 0.1) is 11.6 Å². The highest BCUT2D eigenvalue weighted by molar-refractivity contribution is 6.82. The Morgan fingerprint density at radius 3 is 2.24 bits per heavy atom. The van der Waals surface area contributed by atoms with Gasteiger partial charge in [-0.25, -0.2) is 13.8 Å². The largest absolute Gasteiger partial charge is 0.456 e. The number of anilines is 1. The molecule has 1 aromatic heterocycles. The third kappa shape index (κ3) is 4.75. The van der Waals surface area contributed by atoms with Gasteiger partial charge < -0.3 is 9.72 Å². The highest BCUT2D eigenvalue weighted by Crippen LogP contribution is 2.26. The molecule has 0 saturated carbocycles. The van der Waals surface area contributed by atoms with Crippen LogP contribution in [0.4, 0.5) is 14.6 Å². The Balaban J connectivity index is 2.19. The average Bonchev–Trinajstić information content (AvgIpc) is 2.63. The van der Waals surface area contributed by atoms with Crippen LogP contribution in [0.15, 0.2) is 30.5 Å². The summed E-state index contributed by atoms with van der Waals surface area (Å²) in [6, 6.07) is 9.11. The number of nitrogens with one attached hydrogen (secondary N) is 1. The summed E-state index contributed by atoms with van der Waals surface area (Å²) < 4.78 is 32.9. The molecule has 25 heavy (non-hydrogen) atoms. The number of halogens is 2. The fourth-order valence-electron chi connectivity index (χ4n) is 2.72. The van der Waals surface area contributed by atoms with Gasteiger partial charge in [-0.1, -0.05) is 32.9 Å². The van der Waals surface area contributed by atoms with Crippen molar-refractivity contribution in [3.05, 3.63) is 47.7 Å². The first-order valence-electron chi connectivity index (χ1n) is 8.65. The van der Waals surface area contributed by atoms with Crippen molar-refractivity contribution in [2.24, 2.45) is 0 Å². The van der Waals surface area contributed by atoms with Crippen LogP contribution in [0.1, 0.15) is 39.4 Å². The van der Waals surface area contributed by atoms with E-state index in [2.05, 4.69) is 35.7 Å². The van der Waals surface area contributed by atoms with E-state index in [1.165, 1.54) is 12.1 Å². The van der Waals surface area contributed by atoms with Gasteiger partial charge in [-0.2, -0.15) is 4.98 Å². The number of benzene rings is 1. The molecule has 0 saturated heterocycles. The fourth-order valence-corrected chi connectivity index (χ4v) is 5.43. The standard InChI is InChI=1S/C18H25F2N3OSi/c1-5-25(6-2,7-3)23-17-16(20)12-21-18(22-17)24-13(4)14-8-10-15(19)11-9-14/h8-13H,5-7H2,1-4H3,(H,21,22,23). The second-order valence-electron chi connectivity index (χ2n) is 6.13. The number of ether oxygens (including phenoxy) is 1. The molecule has 0 amide bonds. The van der Waals surface area contributed by atoms with E-state index in [4.69, 9.17) is 4.74 Å². The molecule has 0 radical (unpaired) electrons. The zero-order valence-corrected chi connectivity index (χ0v) is 16.1. The third-order valence-electron chi connectivity index (χ3n) is 4.76. The summed E-state index contributed by atoms with van der Waals surface area (Å²) in [5.74, 6) is -0.581. The first kappa shape index (κ1) is 19.3. The molecule has 136 valence electrons. The van der Waals surface area contributed by atoms with E-state index in [0.29, 0.717) is 0 Å². The van der Waals surface area contributed by atoms with Crippen molar-refractivity contribution in [3.63, 3.8) is 0 Å². The summed E-state index contributed by atoms with van der Waals surface area (Å²) in [6.45, 7) is 8.19. The van der Waals surface area contributed by atoms with E-state index in [0.717, 1.165) is 29.9 Å². The third-order valence-corrected chi connectivity index (χ3v) is 9.59. The van der Waals surface area contributed by atoms with Gasteiger partial charge in [-0.3, -0.25) is 0 Å². The monoisotopic (exact) mass is 365 g/mol. The van der Waals surface area contributed by atoms with E-state index < -0.39 is 14.1 Å². The SMILES string of the molecule is CC[Si](CC)(CC)Nc1nc(OC(C)c2ccc(F)cc2)ncc1F. The lowest BCUT2D eigenvalue weighted by Crippen LogP contribution is -2.42. The van der Waals surface area contributed by atoms with Gasteiger partial charge in [-0.05, 0) is 42.8 Å². The van der Waals surface area contributed by atoms with Crippen molar-refractivity contribution < 1.29 is 13.5 Å². The van der Waals surface area contributed by atoms with E-state index in [-0.39, 0.29) is 23.7 Å². The van der Waals surface area contributed by atoms with Crippen LogP contribution in [-0.2, 0) is 0 Å². The molecule has 0 aliphatic heterocycles. The molecule has 1 N–H and O–H groups in total. The van der Waals surface area contributed by atoms with Crippen LogP contribution in [0.25, 0.3) is 0 Å². The molecule has 1 atom stereocenters. The number of aromatic nitrogens is 2. The Hall–Kier alpha value is -2.02. The van der Waals surface area contributed by atoms with Gasteiger partial charge in [0.2, 0.25) is 0 Å².